The molecule has 42 heteroatoms. The number of rotatable bonds is 53. The third-order valence-corrected chi connectivity index (χ3v) is 14.0. The Hall–Kier alpha value is -10.3. The highest BCUT2D eigenvalue weighted by Crippen LogP contribution is 2.13. The van der Waals surface area contributed by atoms with E-state index >= 15 is 0 Å². The lowest BCUT2D eigenvalue weighted by molar-refractivity contribution is -0.136. The number of carbonyl (C=O) groups is 11. The van der Waals surface area contributed by atoms with Crippen molar-refractivity contribution in [2.24, 2.45) is 122 Å². The summed E-state index contributed by atoms with van der Waals surface area (Å²) < 4.78 is 0. The standard InChI is InChI=1S/C55H109N31O11/c1-30(87)78-32(15-7-25-73-51(62)63)42(90)80-33(12-2-4-22-56)44(92)81-34(13-3-5-23-57)45(93)83-36(17-9-27-75-53(66)67)46(94)84-38(19-11-29-77-55(70)71)48(96)86-39(20-21-40(58)88)49(97)85-37(18-10-28-76-54(68)69)47(95)82-35(16-8-26-74-52(64)65)43(91)79-31(41(59)89)14-6-24-72-50(60)61/h31-39H,2-29,56-57H2,1H3,(H2,58,88)(H2,59,89)(H,78,87)(H,79,91)(H,80,90)(H,81,92)(H,82,95)(H,83,93)(H,84,94)(H,85,97)(H,86,96)(H4,60,61,72)(H4,62,63,73)(H4,64,65,74)(H4,66,67,75)(H4,68,69,76)(H4,70,71,77)/t31-,32-,33-,34-,35-,36-,37-,38-,39-/m0/s1. The number of nitrogens with one attached hydrogen (secondary N) is 9. The summed E-state index contributed by atoms with van der Waals surface area (Å²) in [4.78, 5) is 175. The van der Waals surface area contributed by atoms with Gasteiger partial charge in [0.15, 0.2) is 35.8 Å². The molecule has 9 atom stereocenters. The van der Waals surface area contributed by atoms with Crippen LogP contribution in [0.5, 0.6) is 0 Å². The van der Waals surface area contributed by atoms with Gasteiger partial charge in [0.25, 0.3) is 0 Å². The van der Waals surface area contributed by atoms with Gasteiger partial charge in [-0.15, -0.1) is 0 Å². The molecular formula is C55H109N31O11. The molecule has 550 valence electrons. The fraction of sp³-hybridized carbons (Fsp3) is 0.691. The second kappa shape index (κ2) is 50.2. The van der Waals surface area contributed by atoms with Gasteiger partial charge in [-0.05, 0) is 135 Å². The monoisotopic (exact) mass is 1380 g/mol. The Bertz CT molecular complexity index is 2690. The fourth-order valence-corrected chi connectivity index (χ4v) is 9.15. The van der Waals surface area contributed by atoms with Crippen LogP contribution in [0, 0.1) is 0 Å². The molecule has 0 radical (unpaired) electrons. The van der Waals surface area contributed by atoms with Crippen molar-refractivity contribution in [3.05, 3.63) is 0 Å². The second-order valence-corrected chi connectivity index (χ2v) is 22.4. The second-order valence-electron chi connectivity index (χ2n) is 22.4. The van der Waals surface area contributed by atoms with Crippen LogP contribution in [0.3, 0.4) is 0 Å². The molecule has 0 heterocycles. The fourth-order valence-electron chi connectivity index (χ4n) is 9.15. The summed E-state index contributed by atoms with van der Waals surface area (Å²) in [7, 11) is 0. The summed E-state index contributed by atoms with van der Waals surface area (Å²) in [5, 5.41) is 23.4. The van der Waals surface area contributed by atoms with Gasteiger partial charge in [-0.2, -0.15) is 0 Å². The molecule has 0 rings (SSSR count). The summed E-state index contributed by atoms with van der Waals surface area (Å²) in [6.07, 6.45) is 0.471. The SMILES string of the molecule is CC(=O)N[C@@H](CCCN=C(N)N)C(=O)N[C@@H](CCCCN)C(=O)N[C@@H](CCCCN)C(=O)N[C@@H](CCCN=C(N)N)C(=O)N[C@@H](CCCN=C(N)N)C(=O)N[C@@H](CCC(N)=O)C(=O)N[C@@H](CCCN=C(N)N)C(=O)N[C@@H](CCCN=C(N)N)C(=O)N[C@@H](CCCN=C(N)N)C(N)=O. The predicted molar refractivity (Wildman–Crippen MR) is 366 cm³/mol. The van der Waals surface area contributed by atoms with Crippen LogP contribution in [0.2, 0.25) is 0 Å². The van der Waals surface area contributed by atoms with Crippen LogP contribution in [0.25, 0.3) is 0 Å². The Kier molecular flexibility index (Phi) is 44.9. The molecule has 97 heavy (non-hydrogen) atoms. The van der Waals surface area contributed by atoms with E-state index in [0.29, 0.717) is 19.3 Å². The molecule has 41 N–H and O–H groups in total. The van der Waals surface area contributed by atoms with Crippen molar-refractivity contribution in [1.29, 1.82) is 0 Å². The molecule has 0 aliphatic rings. The van der Waals surface area contributed by atoms with Gasteiger partial charge < -0.3 is 140 Å². The van der Waals surface area contributed by atoms with Crippen molar-refractivity contribution in [2.75, 3.05) is 52.4 Å². The Balaban J connectivity index is 7.56. The number of amides is 11. The summed E-state index contributed by atoms with van der Waals surface area (Å²) in [5.74, 6) is -11.2. The van der Waals surface area contributed by atoms with E-state index in [1.54, 1.807) is 0 Å². The summed E-state index contributed by atoms with van der Waals surface area (Å²) in [6, 6.07) is -12.8. The van der Waals surface area contributed by atoms with Gasteiger partial charge in [0.2, 0.25) is 65.0 Å². The van der Waals surface area contributed by atoms with Gasteiger partial charge in [-0.3, -0.25) is 82.7 Å². The molecule has 0 bridgehead atoms. The predicted octanol–water partition coefficient (Wildman–Crippen LogP) is -11.3. The van der Waals surface area contributed by atoms with Crippen LogP contribution in [0.1, 0.15) is 135 Å². The van der Waals surface area contributed by atoms with Crippen molar-refractivity contribution < 1.29 is 52.7 Å². The van der Waals surface area contributed by atoms with Crippen LogP contribution in [-0.2, 0) is 52.7 Å². The summed E-state index contributed by atoms with van der Waals surface area (Å²) in [6.45, 7) is 1.69. The minimum absolute atomic E-state index is 0.00269. The number of hydrogen-bond donors (Lipinski definition) is 25. The van der Waals surface area contributed by atoms with Crippen LogP contribution < -0.4 is 140 Å². The molecule has 0 aliphatic heterocycles. The van der Waals surface area contributed by atoms with Crippen LogP contribution >= 0.6 is 0 Å². The number of aliphatic imine (C=N–C) groups is 6. The van der Waals surface area contributed by atoms with E-state index in [1.165, 1.54) is 6.92 Å². The number of carbonyl (C=O) groups excluding carboxylic acids is 11. The van der Waals surface area contributed by atoms with E-state index in [4.69, 9.17) is 91.7 Å². The number of nitrogens with zero attached hydrogens (tertiary/aromatic N) is 6. The molecule has 0 fully saturated rings. The lowest BCUT2D eigenvalue weighted by Gasteiger charge is -2.28. The molecular weight excluding hydrogens is 1270 g/mol. The van der Waals surface area contributed by atoms with E-state index in [0.717, 1.165) is 0 Å². The summed E-state index contributed by atoms with van der Waals surface area (Å²) >= 11 is 0. The first-order valence-electron chi connectivity index (χ1n) is 31.8. The lowest BCUT2D eigenvalue weighted by Crippen LogP contribution is -2.60. The number of guanidine groups is 6. The van der Waals surface area contributed by atoms with E-state index in [1.807, 2.05) is 0 Å². The smallest absolute Gasteiger partial charge is 0.243 e. The number of hydrogen-bond acceptors (Lipinski definition) is 19. The van der Waals surface area contributed by atoms with Crippen LogP contribution in [0.15, 0.2) is 30.0 Å². The third-order valence-electron chi connectivity index (χ3n) is 14.0. The maximum Gasteiger partial charge on any atom is 0.243 e. The zero-order valence-corrected chi connectivity index (χ0v) is 55.4. The molecule has 0 aromatic heterocycles. The average Bonchev–Trinajstić information content (AvgIpc) is 0.959. The lowest BCUT2D eigenvalue weighted by atomic mass is 10.0. The minimum atomic E-state index is -1.69. The molecule has 11 amide bonds. The van der Waals surface area contributed by atoms with Gasteiger partial charge in [0, 0.05) is 52.6 Å². The van der Waals surface area contributed by atoms with Crippen molar-refractivity contribution in [1.82, 2.24) is 47.9 Å². The zero-order valence-electron chi connectivity index (χ0n) is 55.4. The third kappa shape index (κ3) is 42.6. The largest absolute Gasteiger partial charge is 0.370 e. The average molecular weight is 1380 g/mol. The molecule has 0 unspecified atom stereocenters. The van der Waals surface area contributed by atoms with Gasteiger partial charge in [-0.25, -0.2) is 0 Å². The van der Waals surface area contributed by atoms with Gasteiger partial charge in [0.1, 0.15) is 54.4 Å². The molecule has 0 saturated carbocycles. The van der Waals surface area contributed by atoms with Gasteiger partial charge >= 0.3 is 0 Å². The van der Waals surface area contributed by atoms with E-state index in [2.05, 4.69) is 77.8 Å². The van der Waals surface area contributed by atoms with Crippen LogP contribution in [-0.4, -0.2) is 207 Å². The maximum absolute atomic E-state index is 14.7. The Labute approximate surface area is 563 Å². The first-order valence-corrected chi connectivity index (χ1v) is 31.8. The van der Waals surface area contributed by atoms with Crippen molar-refractivity contribution in [3.8, 4) is 0 Å². The first kappa shape index (κ1) is 86.7. The van der Waals surface area contributed by atoms with E-state index in [9.17, 15) is 52.7 Å². The van der Waals surface area contributed by atoms with Gasteiger partial charge in [0.05, 0.1) is 0 Å². The minimum Gasteiger partial charge on any atom is -0.370 e. The number of primary amides is 2. The number of nitrogens with two attached hydrogens (primary N) is 16. The van der Waals surface area contributed by atoms with Crippen molar-refractivity contribution in [3.63, 3.8) is 0 Å². The van der Waals surface area contributed by atoms with Crippen molar-refractivity contribution >= 4 is 101 Å². The number of unbranched alkanes of at least 4 members (excludes halogenated alkanes) is 2. The first-order chi connectivity index (χ1) is 45.8. The highest BCUT2D eigenvalue weighted by atomic mass is 16.2. The summed E-state index contributed by atoms with van der Waals surface area (Å²) in [5.41, 5.74) is 88.8. The highest BCUT2D eigenvalue weighted by Gasteiger charge is 2.35. The molecule has 0 aromatic rings. The Morgan fingerprint density at radius 1 is 0.258 bits per heavy atom. The Morgan fingerprint density at radius 3 is 0.629 bits per heavy atom. The quantitative estimate of drug-likeness (QED) is 0.0153. The molecule has 0 aliphatic carbocycles. The topological polar surface area (TPSA) is 787 Å². The highest BCUT2D eigenvalue weighted by molar-refractivity contribution is 5.99. The van der Waals surface area contributed by atoms with Crippen molar-refractivity contribution in [2.45, 2.75) is 190 Å². The normalized spacial score (nSPS) is 13.5. The molecule has 0 aromatic carbocycles. The van der Waals surface area contributed by atoms with Gasteiger partial charge in [-0.1, -0.05) is 0 Å². The maximum atomic E-state index is 14.7. The Morgan fingerprint density at radius 2 is 0.443 bits per heavy atom. The van der Waals surface area contributed by atoms with E-state index < -0.39 is 132 Å². The van der Waals surface area contributed by atoms with E-state index in [-0.39, 0.29) is 184 Å². The molecule has 0 spiro atoms. The molecule has 42 nitrogen and oxygen atoms in total. The van der Waals surface area contributed by atoms with Crippen LogP contribution in [0.4, 0.5) is 0 Å². The zero-order chi connectivity index (χ0) is 73.4. The molecule has 0 saturated heterocycles.